The van der Waals surface area contributed by atoms with Gasteiger partial charge in [0.2, 0.25) is 5.28 Å². The van der Waals surface area contributed by atoms with Gasteiger partial charge in [0.15, 0.2) is 10.9 Å². The molecule has 4 aromatic heterocycles. The molecule has 0 radical (unpaired) electrons. The summed E-state index contributed by atoms with van der Waals surface area (Å²) >= 11 is 13.9. The van der Waals surface area contributed by atoms with E-state index in [9.17, 15) is 14.7 Å². The van der Waals surface area contributed by atoms with Crippen LogP contribution in [0.15, 0.2) is 66.7 Å². The van der Waals surface area contributed by atoms with E-state index in [1.165, 1.54) is 11.3 Å². The molecule has 0 aliphatic heterocycles. The number of aryl methyl sites for hydroxylation is 1. The van der Waals surface area contributed by atoms with Gasteiger partial charge >= 0.3 is 11.9 Å². The number of halogens is 2. The lowest BCUT2D eigenvalue weighted by Crippen LogP contribution is -2.20. The predicted molar refractivity (Wildman–Crippen MR) is 187 cm³/mol. The van der Waals surface area contributed by atoms with Crippen LogP contribution in [0, 0.1) is 20.8 Å². The number of ether oxygens (including phenoxy) is 2. The number of hydrogen-bond donors (Lipinski definition) is 1. The van der Waals surface area contributed by atoms with Gasteiger partial charge in [-0.2, -0.15) is 4.98 Å². The van der Waals surface area contributed by atoms with Crippen molar-refractivity contribution in [3.8, 4) is 22.4 Å². The third kappa shape index (κ3) is 5.43. The molecule has 0 aliphatic carbocycles. The monoisotopic (exact) mass is 699 g/mol. The summed E-state index contributed by atoms with van der Waals surface area (Å²) in [5.41, 5.74) is 4.87. The van der Waals surface area contributed by atoms with Crippen LogP contribution in [0.4, 0.5) is 0 Å². The molecule has 0 amide bonds. The molecular formula is C35H27Cl2N5O5S. The molecule has 10 nitrogen and oxygen atoms in total. The van der Waals surface area contributed by atoms with Gasteiger partial charge in [-0.25, -0.2) is 9.97 Å². The van der Waals surface area contributed by atoms with E-state index in [0.29, 0.717) is 55.7 Å². The molecular weight excluding hydrogens is 673 g/mol. The summed E-state index contributed by atoms with van der Waals surface area (Å²) in [4.78, 5) is 39.9. The summed E-state index contributed by atoms with van der Waals surface area (Å²) < 4.78 is 16.3. The maximum absolute atomic E-state index is 13.8. The van der Waals surface area contributed by atoms with Gasteiger partial charge in [-0.1, -0.05) is 46.7 Å². The topological polar surface area (TPSA) is 121 Å². The average Bonchev–Trinajstić information content (AvgIpc) is 3.68. The number of hydrogen-bond acceptors (Lipinski definition) is 8. The van der Waals surface area contributed by atoms with Crippen molar-refractivity contribution < 1.29 is 24.2 Å². The lowest BCUT2D eigenvalue weighted by Gasteiger charge is -2.14. The molecule has 48 heavy (non-hydrogen) atoms. The van der Waals surface area contributed by atoms with E-state index in [1.54, 1.807) is 30.7 Å². The van der Waals surface area contributed by atoms with Crippen LogP contribution in [-0.2, 0) is 9.59 Å². The molecule has 0 bridgehead atoms. The number of methoxy groups -OCH3 is 1. The van der Waals surface area contributed by atoms with Gasteiger partial charge in [0, 0.05) is 22.5 Å². The summed E-state index contributed by atoms with van der Waals surface area (Å²) in [5.74, 6) is -1.88. The van der Waals surface area contributed by atoms with Crippen molar-refractivity contribution in [2.24, 2.45) is 0 Å². The summed E-state index contributed by atoms with van der Waals surface area (Å²) in [5, 5.41) is 12.6. The molecule has 1 unspecified atom stereocenters. The largest absolute Gasteiger partial charge is 0.497 e. The highest BCUT2D eigenvalue weighted by Crippen LogP contribution is 2.41. The fraction of sp³-hybridized carbons (Fsp3) is 0.171. The number of thiazole rings is 1. The number of aliphatic carboxylic acids is 1. The van der Waals surface area contributed by atoms with Crippen LogP contribution in [0.3, 0.4) is 0 Å². The number of para-hydroxylation sites is 1. The lowest BCUT2D eigenvalue weighted by atomic mass is 9.92. The molecule has 242 valence electrons. The first-order valence-electron chi connectivity index (χ1n) is 14.8. The van der Waals surface area contributed by atoms with E-state index in [0.717, 1.165) is 21.3 Å². The van der Waals surface area contributed by atoms with Crippen LogP contribution in [0.2, 0.25) is 10.4 Å². The molecule has 7 aromatic rings. The fourth-order valence-electron chi connectivity index (χ4n) is 6.25. The van der Waals surface area contributed by atoms with Crippen LogP contribution in [0.5, 0.6) is 11.5 Å². The standard InChI is InChI=1S/C35H27Cl2N5O5S/c1-17-9-11-25-21(13-17)31(18(2)41(25)29-16-28(36)39-34(37)40-29)23(33(44)45)15-30(43)47-32-19(3)42(26-12-10-20(46-4)14-22(26)32)35-38-24-7-5-6-8-27(24)48-35/h5-14,16,23H,15H2,1-4H3,(H,44,45). The van der Waals surface area contributed by atoms with Gasteiger partial charge in [0.1, 0.15) is 16.7 Å². The Kier molecular flexibility index (Phi) is 8.06. The number of rotatable bonds is 8. The number of carboxylic acids is 1. The molecule has 1 N–H and O–H groups in total. The number of esters is 1. The van der Waals surface area contributed by atoms with E-state index in [2.05, 4.69) is 9.97 Å². The smallest absolute Gasteiger partial charge is 0.312 e. The van der Waals surface area contributed by atoms with E-state index in [1.807, 2.05) is 73.0 Å². The summed E-state index contributed by atoms with van der Waals surface area (Å²) in [6.07, 6.45) is -0.439. The highest BCUT2D eigenvalue weighted by atomic mass is 35.5. The number of carbonyl (C=O) groups excluding carboxylic acids is 1. The van der Waals surface area contributed by atoms with Crippen LogP contribution in [-0.4, -0.2) is 48.2 Å². The minimum absolute atomic E-state index is 0.0530. The van der Waals surface area contributed by atoms with Gasteiger partial charge in [0.05, 0.1) is 46.4 Å². The number of aromatic nitrogens is 5. The molecule has 0 saturated heterocycles. The molecule has 1 atom stereocenters. The van der Waals surface area contributed by atoms with Gasteiger partial charge in [-0.15, -0.1) is 0 Å². The summed E-state index contributed by atoms with van der Waals surface area (Å²) in [6.45, 7) is 5.53. The predicted octanol–water partition coefficient (Wildman–Crippen LogP) is 8.38. The molecule has 3 aromatic carbocycles. The van der Waals surface area contributed by atoms with Gasteiger partial charge in [-0.05, 0) is 80.4 Å². The number of nitrogens with zero attached hydrogens (tertiary/aromatic N) is 5. The Morgan fingerprint density at radius 1 is 0.896 bits per heavy atom. The zero-order valence-electron chi connectivity index (χ0n) is 26.1. The maximum atomic E-state index is 13.8. The van der Waals surface area contributed by atoms with E-state index in [4.69, 9.17) is 37.7 Å². The highest BCUT2D eigenvalue weighted by molar-refractivity contribution is 7.20. The van der Waals surface area contributed by atoms with Crippen molar-refractivity contribution in [3.63, 3.8) is 0 Å². The second-order valence-electron chi connectivity index (χ2n) is 11.3. The fourth-order valence-corrected chi connectivity index (χ4v) is 7.68. The Morgan fingerprint density at radius 3 is 2.38 bits per heavy atom. The second kappa shape index (κ2) is 12.2. The zero-order valence-corrected chi connectivity index (χ0v) is 28.4. The van der Waals surface area contributed by atoms with Crippen molar-refractivity contribution in [3.05, 3.63) is 99.7 Å². The Labute approximate surface area is 288 Å². The number of fused-ring (bicyclic) bond motifs is 3. The first-order chi connectivity index (χ1) is 23.0. The minimum Gasteiger partial charge on any atom is -0.497 e. The molecule has 7 rings (SSSR count). The van der Waals surface area contributed by atoms with Crippen LogP contribution < -0.4 is 9.47 Å². The van der Waals surface area contributed by atoms with Gasteiger partial charge in [-0.3, -0.25) is 18.7 Å². The first kappa shape index (κ1) is 31.6. The van der Waals surface area contributed by atoms with Crippen LogP contribution in [0.1, 0.15) is 34.9 Å². The Balaban J connectivity index is 1.31. The van der Waals surface area contributed by atoms with Crippen LogP contribution >= 0.6 is 34.5 Å². The summed E-state index contributed by atoms with van der Waals surface area (Å²) in [7, 11) is 1.56. The normalized spacial score (nSPS) is 12.2. The van der Waals surface area contributed by atoms with E-state index in [-0.39, 0.29) is 10.4 Å². The Bertz CT molecular complexity index is 2380. The molecule has 0 saturated carbocycles. The Hall–Kier alpha value is -4.97. The Morgan fingerprint density at radius 2 is 1.65 bits per heavy atom. The van der Waals surface area contributed by atoms with Crippen LogP contribution in [0.25, 0.3) is 43.0 Å². The number of carbonyl (C=O) groups is 2. The van der Waals surface area contributed by atoms with E-state index < -0.39 is 24.3 Å². The third-order valence-corrected chi connectivity index (χ3v) is 9.74. The zero-order chi connectivity index (χ0) is 33.9. The van der Waals surface area contributed by atoms with Gasteiger partial charge in [0.25, 0.3) is 0 Å². The number of carboxylic acid groups (broad SMARTS) is 1. The highest BCUT2D eigenvalue weighted by Gasteiger charge is 2.32. The third-order valence-electron chi connectivity index (χ3n) is 8.35. The van der Waals surface area contributed by atoms with Crippen molar-refractivity contribution in [1.29, 1.82) is 0 Å². The lowest BCUT2D eigenvalue weighted by molar-refractivity contribution is -0.144. The molecule has 0 fully saturated rings. The first-order valence-corrected chi connectivity index (χ1v) is 16.4. The molecule has 13 heteroatoms. The average molecular weight is 701 g/mol. The van der Waals surface area contributed by atoms with Crippen molar-refractivity contribution >= 4 is 78.5 Å². The SMILES string of the molecule is COc1ccc2c(c1)c(OC(=O)CC(C(=O)O)c1c(C)n(-c3cc(Cl)nc(Cl)n3)c3ccc(C)cc13)c(C)n2-c1nc2ccccc2s1. The molecule has 4 heterocycles. The van der Waals surface area contributed by atoms with Crippen molar-refractivity contribution in [2.75, 3.05) is 7.11 Å². The van der Waals surface area contributed by atoms with Crippen molar-refractivity contribution in [1.82, 2.24) is 24.1 Å². The van der Waals surface area contributed by atoms with Crippen molar-refractivity contribution in [2.45, 2.75) is 33.1 Å². The number of benzene rings is 3. The summed E-state index contributed by atoms with van der Waals surface area (Å²) in [6, 6.07) is 20.6. The molecule has 0 aliphatic rings. The molecule has 0 spiro atoms. The maximum Gasteiger partial charge on any atom is 0.312 e. The second-order valence-corrected chi connectivity index (χ2v) is 13.1. The minimum atomic E-state index is -1.25. The quantitative estimate of drug-likeness (QED) is 0.0954. The van der Waals surface area contributed by atoms with E-state index >= 15 is 0 Å². The van der Waals surface area contributed by atoms with Gasteiger partial charge < -0.3 is 14.6 Å².